The van der Waals surface area contributed by atoms with Gasteiger partial charge >= 0.3 is 0 Å². The largest absolute Gasteiger partial charge is 0.508 e. The van der Waals surface area contributed by atoms with E-state index in [0.717, 1.165) is 0 Å². The summed E-state index contributed by atoms with van der Waals surface area (Å²) in [6.45, 7) is 5.89. The highest BCUT2D eigenvalue weighted by Gasteiger charge is 2.19. The number of phenolic OH excluding ortho intramolecular Hbond substituents is 1. The molecule has 0 aromatic heterocycles. The van der Waals surface area contributed by atoms with E-state index in [9.17, 15) is 21.9 Å². The maximum atomic E-state index is 10.8. The standard InChI is InChI=1S/C9H12O7S2.C8H18/c1-6-8(5-18(14,15)16)7(2-3-9(6)10)4-17(11,12)13;1-3-5-7-8-6-4-2/h2-3,10H,4-5H2,1H3,(H,11,12,13)(H,14,15,16);3-8H2,1-2H3. The second kappa shape index (κ2) is 11.5. The molecule has 0 saturated carbocycles. The van der Waals surface area contributed by atoms with E-state index in [-0.39, 0.29) is 22.4 Å². The number of unbranched alkanes of at least 4 members (excludes halogenated alkanes) is 5. The first-order valence-electron chi connectivity index (χ1n) is 8.61. The number of hydrogen-bond donors (Lipinski definition) is 3. The van der Waals surface area contributed by atoms with Crippen LogP contribution >= 0.6 is 0 Å². The van der Waals surface area contributed by atoms with Crippen LogP contribution in [0.15, 0.2) is 12.1 Å². The molecule has 0 fully saturated rings. The van der Waals surface area contributed by atoms with Crippen LogP contribution in [0.4, 0.5) is 0 Å². The maximum Gasteiger partial charge on any atom is 0.269 e. The summed E-state index contributed by atoms with van der Waals surface area (Å²) in [5.41, 5.74) is 0.0920. The summed E-state index contributed by atoms with van der Waals surface area (Å²) in [7, 11) is -8.73. The SMILES string of the molecule is CCCCCCCC.Cc1c(O)ccc(CS(=O)(=O)O)c1CS(=O)(=O)O. The highest BCUT2D eigenvalue weighted by Crippen LogP contribution is 2.26. The predicted octanol–water partition coefficient (Wildman–Crippen LogP) is 3.84. The lowest BCUT2D eigenvalue weighted by atomic mass is 10.0. The van der Waals surface area contributed by atoms with Crippen molar-refractivity contribution in [3.8, 4) is 5.75 Å². The van der Waals surface area contributed by atoms with Crippen molar-refractivity contribution < 1.29 is 31.0 Å². The Balaban J connectivity index is 0.000000660. The number of rotatable bonds is 9. The van der Waals surface area contributed by atoms with Crippen LogP contribution < -0.4 is 0 Å². The molecule has 152 valence electrons. The fourth-order valence-electron chi connectivity index (χ4n) is 2.37. The molecule has 0 heterocycles. The third kappa shape index (κ3) is 11.5. The van der Waals surface area contributed by atoms with Crippen molar-refractivity contribution in [1.29, 1.82) is 0 Å². The fourth-order valence-corrected chi connectivity index (χ4v) is 3.80. The maximum absolute atomic E-state index is 10.8. The van der Waals surface area contributed by atoms with Gasteiger partial charge in [-0.2, -0.15) is 16.8 Å². The molecule has 0 aliphatic carbocycles. The first kappa shape index (κ1) is 24.8. The van der Waals surface area contributed by atoms with Crippen LogP contribution in [0.25, 0.3) is 0 Å². The Morgan fingerprint density at radius 1 is 0.808 bits per heavy atom. The van der Waals surface area contributed by atoms with Gasteiger partial charge in [0.15, 0.2) is 0 Å². The Kier molecular flexibility index (Phi) is 11.0. The third-order valence-electron chi connectivity index (χ3n) is 3.79. The van der Waals surface area contributed by atoms with Gasteiger partial charge < -0.3 is 5.11 Å². The highest BCUT2D eigenvalue weighted by molar-refractivity contribution is 7.85. The van der Waals surface area contributed by atoms with E-state index >= 15 is 0 Å². The van der Waals surface area contributed by atoms with E-state index < -0.39 is 31.7 Å². The summed E-state index contributed by atoms with van der Waals surface area (Å²) in [6, 6.07) is 2.36. The number of phenols is 1. The molecule has 1 aromatic rings. The molecule has 26 heavy (non-hydrogen) atoms. The molecule has 0 spiro atoms. The van der Waals surface area contributed by atoms with E-state index in [4.69, 9.17) is 9.11 Å². The van der Waals surface area contributed by atoms with Crippen LogP contribution in [0.3, 0.4) is 0 Å². The van der Waals surface area contributed by atoms with Gasteiger partial charge in [-0.15, -0.1) is 0 Å². The third-order valence-corrected chi connectivity index (χ3v) is 5.12. The van der Waals surface area contributed by atoms with Gasteiger partial charge in [0.1, 0.15) is 17.3 Å². The van der Waals surface area contributed by atoms with E-state index in [2.05, 4.69) is 13.8 Å². The average Bonchev–Trinajstić information content (AvgIpc) is 2.50. The summed E-state index contributed by atoms with van der Waals surface area (Å²) in [4.78, 5) is 0. The zero-order valence-electron chi connectivity index (χ0n) is 15.6. The molecule has 0 radical (unpaired) electrons. The molecule has 0 aliphatic heterocycles. The minimum absolute atomic E-state index is 0.00502. The first-order valence-corrected chi connectivity index (χ1v) is 11.8. The second-order valence-corrected chi connectivity index (χ2v) is 9.12. The quantitative estimate of drug-likeness (QED) is 0.416. The molecule has 3 N–H and O–H groups in total. The summed E-state index contributed by atoms with van der Waals surface area (Å²) in [5, 5.41) is 9.43. The molecule has 0 aliphatic rings. The van der Waals surface area contributed by atoms with Crippen molar-refractivity contribution in [2.75, 3.05) is 0 Å². The van der Waals surface area contributed by atoms with Crippen LogP contribution in [0, 0.1) is 6.92 Å². The molecular formula is C17H30O7S2. The van der Waals surface area contributed by atoms with Gasteiger partial charge in [-0.3, -0.25) is 9.11 Å². The molecule has 7 nitrogen and oxygen atoms in total. The Morgan fingerprint density at radius 2 is 1.27 bits per heavy atom. The van der Waals surface area contributed by atoms with Crippen molar-refractivity contribution in [1.82, 2.24) is 0 Å². The van der Waals surface area contributed by atoms with Crippen molar-refractivity contribution in [2.45, 2.75) is 70.8 Å². The molecule has 1 rings (SSSR count). The monoisotopic (exact) mass is 410 g/mol. The van der Waals surface area contributed by atoms with Crippen LogP contribution in [0.5, 0.6) is 5.75 Å². The van der Waals surface area contributed by atoms with Crippen LogP contribution in [-0.4, -0.2) is 31.0 Å². The van der Waals surface area contributed by atoms with Crippen LogP contribution in [-0.2, 0) is 31.7 Å². The van der Waals surface area contributed by atoms with Gasteiger partial charge in [0.25, 0.3) is 20.2 Å². The molecule has 9 heteroatoms. The molecule has 0 amide bonds. The Morgan fingerprint density at radius 3 is 1.65 bits per heavy atom. The zero-order valence-corrected chi connectivity index (χ0v) is 17.2. The topological polar surface area (TPSA) is 129 Å². The molecule has 0 unspecified atom stereocenters. The molecule has 0 bridgehead atoms. The second-order valence-electron chi connectivity index (χ2n) is 6.21. The summed E-state index contributed by atoms with van der Waals surface area (Å²) >= 11 is 0. The first-order chi connectivity index (χ1) is 11.9. The van der Waals surface area contributed by atoms with Crippen molar-refractivity contribution in [3.63, 3.8) is 0 Å². The highest BCUT2D eigenvalue weighted by atomic mass is 32.2. The summed E-state index contributed by atoms with van der Waals surface area (Å²) in [6.07, 6.45) is 8.49. The molecule has 0 atom stereocenters. The number of hydrogen-bond acceptors (Lipinski definition) is 5. The lowest BCUT2D eigenvalue weighted by Crippen LogP contribution is -2.10. The van der Waals surface area contributed by atoms with E-state index in [1.165, 1.54) is 57.6 Å². The molecule has 1 aromatic carbocycles. The van der Waals surface area contributed by atoms with Gasteiger partial charge in [0.2, 0.25) is 0 Å². The van der Waals surface area contributed by atoms with Crippen molar-refractivity contribution >= 4 is 20.2 Å². The van der Waals surface area contributed by atoms with E-state index in [0.29, 0.717) is 0 Å². The lowest BCUT2D eigenvalue weighted by Gasteiger charge is -2.11. The smallest absolute Gasteiger partial charge is 0.269 e. The number of aromatic hydroxyl groups is 1. The predicted molar refractivity (Wildman–Crippen MR) is 102 cm³/mol. The van der Waals surface area contributed by atoms with Gasteiger partial charge in [0.05, 0.1) is 0 Å². The van der Waals surface area contributed by atoms with Crippen molar-refractivity contribution in [3.05, 3.63) is 28.8 Å². The summed E-state index contributed by atoms with van der Waals surface area (Å²) in [5.74, 6) is -1.86. The normalized spacial score (nSPS) is 11.7. The average molecular weight is 411 g/mol. The minimum atomic E-state index is -4.38. The Hall–Kier alpha value is -1.16. The van der Waals surface area contributed by atoms with Crippen LogP contribution in [0.2, 0.25) is 0 Å². The Labute approximate surface area is 157 Å². The number of benzene rings is 1. The summed E-state index contributed by atoms with van der Waals surface area (Å²) < 4.78 is 60.8. The van der Waals surface area contributed by atoms with Gasteiger partial charge in [-0.25, -0.2) is 0 Å². The Bertz CT molecular complexity index is 748. The van der Waals surface area contributed by atoms with E-state index in [1.807, 2.05) is 0 Å². The minimum Gasteiger partial charge on any atom is -0.508 e. The van der Waals surface area contributed by atoms with Crippen LogP contribution in [0.1, 0.15) is 69.1 Å². The molecular weight excluding hydrogens is 380 g/mol. The van der Waals surface area contributed by atoms with Gasteiger partial charge in [0, 0.05) is 0 Å². The molecule has 0 saturated heterocycles. The van der Waals surface area contributed by atoms with Gasteiger partial charge in [-0.05, 0) is 29.7 Å². The fraction of sp³-hybridized carbons (Fsp3) is 0.647. The van der Waals surface area contributed by atoms with Gasteiger partial charge in [-0.1, -0.05) is 58.4 Å². The lowest BCUT2D eigenvalue weighted by molar-refractivity contribution is 0.467. The van der Waals surface area contributed by atoms with E-state index in [1.54, 1.807) is 0 Å². The zero-order chi connectivity index (χ0) is 20.4. The van der Waals surface area contributed by atoms with Crippen molar-refractivity contribution in [2.24, 2.45) is 0 Å².